The quantitative estimate of drug-likeness (QED) is 0.501. The van der Waals surface area contributed by atoms with Crippen molar-refractivity contribution in [2.24, 2.45) is 4.99 Å². The smallest absolute Gasteiger partial charge is 0.135 e. The van der Waals surface area contributed by atoms with Crippen LogP contribution in [0.1, 0.15) is 19.4 Å². The van der Waals surface area contributed by atoms with Gasteiger partial charge in [0.15, 0.2) is 0 Å². The van der Waals surface area contributed by atoms with Crippen molar-refractivity contribution in [3.63, 3.8) is 0 Å². The van der Waals surface area contributed by atoms with E-state index in [1.165, 1.54) is 12.4 Å². The Morgan fingerprint density at radius 1 is 1.12 bits per heavy atom. The molecule has 8 heteroatoms. The number of morpholine rings is 1. The Labute approximate surface area is 191 Å². The number of nitrogens with zero attached hydrogens (tertiary/aromatic N) is 5. The number of benzene rings is 1. The number of aromatic nitrogens is 3. The number of allylic oxidation sites excluding steroid dienone is 3. The Morgan fingerprint density at radius 2 is 1.91 bits per heavy atom. The maximum Gasteiger partial charge on any atom is 0.135 e. The molecule has 0 radical (unpaired) electrons. The lowest BCUT2D eigenvalue weighted by atomic mass is 10.0. The predicted octanol–water partition coefficient (Wildman–Crippen LogP) is 4.90. The minimum Gasteiger partial charge on any atom is -0.378 e. The summed E-state index contributed by atoms with van der Waals surface area (Å²) in [6.07, 6.45) is 6.43. The van der Waals surface area contributed by atoms with E-state index in [0.717, 1.165) is 30.4 Å². The molecule has 6 nitrogen and oxygen atoms in total. The van der Waals surface area contributed by atoms with Crippen LogP contribution in [-0.2, 0) is 11.2 Å². The van der Waals surface area contributed by atoms with Gasteiger partial charge in [0, 0.05) is 43.1 Å². The molecule has 3 heterocycles. The molecule has 1 saturated heterocycles. The summed E-state index contributed by atoms with van der Waals surface area (Å²) in [6, 6.07) is 4.28. The lowest BCUT2D eigenvalue weighted by Gasteiger charge is -2.28. The minimum absolute atomic E-state index is 0.172. The van der Waals surface area contributed by atoms with Crippen LogP contribution in [0.4, 0.5) is 14.5 Å². The molecule has 0 N–H and O–H groups in total. The van der Waals surface area contributed by atoms with Gasteiger partial charge in [0.25, 0.3) is 0 Å². The molecule has 170 valence electrons. The Hall–Kier alpha value is -3.52. The summed E-state index contributed by atoms with van der Waals surface area (Å²) >= 11 is 0. The summed E-state index contributed by atoms with van der Waals surface area (Å²) in [4.78, 5) is 19.7. The van der Waals surface area contributed by atoms with Gasteiger partial charge in [-0.15, -0.1) is 0 Å². The van der Waals surface area contributed by atoms with Crippen molar-refractivity contribution < 1.29 is 13.5 Å². The summed E-state index contributed by atoms with van der Waals surface area (Å²) in [7, 11) is 0. The van der Waals surface area contributed by atoms with Gasteiger partial charge in [-0.2, -0.15) is 0 Å². The van der Waals surface area contributed by atoms with Gasteiger partial charge in [0.1, 0.15) is 29.2 Å². The zero-order valence-corrected chi connectivity index (χ0v) is 18.7. The highest BCUT2D eigenvalue weighted by Crippen LogP contribution is 2.31. The zero-order valence-electron chi connectivity index (χ0n) is 18.7. The molecule has 0 aliphatic carbocycles. The van der Waals surface area contributed by atoms with Crippen LogP contribution in [0.15, 0.2) is 59.6 Å². The van der Waals surface area contributed by atoms with Gasteiger partial charge in [-0.05, 0) is 31.5 Å². The minimum atomic E-state index is -0.705. The van der Waals surface area contributed by atoms with Crippen LogP contribution in [-0.4, -0.2) is 47.5 Å². The van der Waals surface area contributed by atoms with E-state index in [2.05, 4.69) is 31.4 Å². The fourth-order valence-corrected chi connectivity index (χ4v) is 3.71. The molecule has 4 rings (SSSR count). The highest BCUT2D eigenvalue weighted by atomic mass is 19.1. The van der Waals surface area contributed by atoms with E-state index in [4.69, 9.17) is 4.74 Å². The molecule has 0 saturated carbocycles. The lowest BCUT2D eigenvalue weighted by Crippen LogP contribution is -2.36. The molecule has 0 bridgehead atoms. The average molecular weight is 450 g/mol. The van der Waals surface area contributed by atoms with Crippen LogP contribution >= 0.6 is 0 Å². The van der Waals surface area contributed by atoms with Gasteiger partial charge in [-0.25, -0.2) is 18.7 Å². The summed E-state index contributed by atoms with van der Waals surface area (Å²) in [6.45, 7) is 10.3. The molecule has 1 aliphatic heterocycles. The lowest BCUT2D eigenvalue weighted by molar-refractivity contribution is 0.122. The Kier molecular flexibility index (Phi) is 6.84. The molecule has 1 fully saturated rings. The van der Waals surface area contributed by atoms with E-state index in [-0.39, 0.29) is 12.0 Å². The maximum absolute atomic E-state index is 14.9. The number of rotatable bonds is 6. The first-order valence-electron chi connectivity index (χ1n) is 10.7. The van der Waals surface area contributed by atoms with Gasteiger partial charge < -0.3 is 9.64 Å². The molecule has 1 aromatic carbocycles. The maximum atomic E-state index is 14.9. The first-order valence-corrected chi connectivity index (χ1v) is 10.7. The molecule has 3 aromatic rings. The van der Waals surface area contributed by atoms with E-state index in [9.17, 15) is 8.78 Å². The van der Waals surface area contributed by atoms with Crippen LogP contribution in [0.3, 0.4) is 0 Å². The number of aliphatic imine (C=N–C) groups is 1. The van der Waals surface area contributed by atoms with Crippen LogP contribution in [0.5, 0.6) is 0 Å². The first-order chi connectivity index (χ1) is 16.0. The second-order valence-corrected chi connectivity index (χ2v) is 7.94. The van der Waals surface area contributed by atoms with E-state index >= 15 is 0 Å². The normalized spacial score (nSPS) is 14.1. The van der Waals surface area contributed by atoms with Gasteiger partial charge in [0.05, 0.1) is 30.6 Å². The molecular formula is C25H25F2N5O. The molecule has 33 heavy (non-hydrogen) atoms. The number of pyridine rings is 1. The molecule has 0 amide bonds. The van der Waals surface area contributed by atoms with Gasteiger partial charge in [-0.3, -0.25) is 9.98 Å². The monoisotopic (exact) mass is 449 g/mol. The van der Waals surface area contributed by atoms with Crippen LogP contribution in [0.25, 0.3) is 22.3 Å². The average Bonchev–Trinajstić information content (AvgIpc) is 2.82. The summed E-state index contributed by atoms with van der Waals surface area (Å²) in [5.74, 6) is -1.34. The largest absolute Gasteiger partial charge is 0.378 e. The first kappa shape index (κ1) is 22.7. The van der Waals surface area contributed by atoms with Crippen molar-refractivity contribution in [3.8, 4) is 11.3 Å². The second kappa shape index (κ2) is 9.95. The predicted molar refractivity (Wildman–Crippen MR) is 126 cm³/mol. The molecule has 1 aliphatic rings. The highest BCUT2D eigenvalue weighted by Gasteiger charge is 2.19. The number of hydrogen-bond donors (Lipinski definition) is 0. The number of ether oxygens (including phenoxy) is 1. The van der Waals surface area contributed by atoms with Crippen molar-refractivity contribution in [1.29, 1.82) is 0 Å². The van der Waals surface area contributed by atoms with Crippen molar-refractivity contribution >= 4 is 22.9 Å². The third-order valence-electron chi connectivity index (χ3n) is 5.50. The standard InChI is InChI=1S/C25H25F2N5O/c1-4-5-28-22(16(2)3)11-17-10-19(21(27)13-20(17)26)24-25-23(30-15-31-24)12-18(14-29-25)32-6-8-33-9-7-32/h4-5,10,12-15H,1,6-9,11H2,2-3H3/b28-5-. The van der Waals surface area contributed by atoms with Crippen LogP contribution in [0.2, 0.25) is 0 Å². The molecule has 0 atom stereocenters. The number of anilines is 1. The highest BCUT2D eigenvalue weighted by molar-refractivity contribution is 5.90. The Morgan fingerprint density at radius 3 is 2.64 bits per heavy atom. The number of halogens is 2. The number of hydrogen-bond acceptors (Lipinski definition) is 6. The third-order valence-corrected chi connectivity index (χ3v) is 5.50. The molecule has 0 unspecified atom stereocenters. The third kappa shape index (κ3) is 4.96. The van der Waals surface area contributed by atoms with Crippen molar-refractivity contribution in [3.05, 3.63) is 71.8 Å². The Balaban J connectivity index is 1.76. The molecule has 2 aromatic heterocycles. The second-order valence-electron chi connectivity index (χ2n) is 7.94. The fraction of sp³-hybridized carbons (Fsp3) is 0.280. The van der Waals surface area contributed by atoms with Crippen LogP contribution < -0.4 is 4.90 Å². The van der Waals surface area contributed by atoms with Crippen molar-refractivity contribution in [2.75, 3.05) is 31.2 Å². The van der Waals surface area contributed by atoms with E-state index in [0.29, 0.717) is 41.2 Å². The van der Waals surface area contributed by atoms with E-state index in [1.54, 1.807) is 18.5 Å². The van der Waals surface area contributed by atoms with E-state index in [1.807, 2.05) is 19.9 Å². The Bertz CT molecular complexity index is 1250. The molecular weight excluding hydrogens is 424 g/mol. The SMILES string of the molecule is C=C/C=N\C(Cc1cc(-c2ncnc3cc(N4CCOCC4)cnc23)c(F)cc1F)=C(C)C. The number of fused-ring (bicyclic) bond motifs is 1. The summed E-state index contributed by atoms with van der Waals surface area (Å²) in [5, 5.41) is 0. The zero-order chi connectivity index (χ0) is 23.4. The topological polar surface area (TPSA) is 63.5 Å². The van der Waals surface area contributed by atoms with Gasteiger partial charge >= 0.3 is 0 Å². The van der Waals surface area contributed by atoms with Gasteiger partial charge in [0.2, 0.25) is 0 Å². The molecule has 0 spiro atoms. The van der Waals surface area contributed by atoms with Gasteiger partial charge in [-0.1, -0.05) is 18.2 Å². The summed E-state index contributed by atoms with van der Waals surface area (Å²) < 4.78 is 35.0. The fourth-order valence-electron chi connectivity index (χ4n) is 3.71. The van der Waals surface area contributed by atoms with E-state index < -0.39 is 11.6 Å². The van der Waals surface area contributed by atoms with Crippen LogP contribution in [0, 0.1) is 11.6 Å². The van der Waals surface area contributed by atoms with Crippen molar-refractivity contribution in [2.45, 2.75) is 20.3 Å². The van der Waals surface area contributed by atoms with Crippen molar-refractivity contribution in [1.82, 2.24) is 15.0 Å². The summed E-state index contributed by atoms with van der Waals surface area (Å²) in [5.41, 5.74) is 4.40.